The maximum absolute atomic E-state index is 11.4. The molecule has 0 aliphatic heterocycles. The van der Waals surface area contributed by atoms with Crippen LogP contribution in [-0.2, 0) is 4.74 Å². The maximum atomic E-state index is 11.4. The summed E-state index contributed by atoms with van der Waals surface area (Å²) in [6.07, 6.45) is 1.11. The Labute approximate surface area is 134 Å². The first-order valence-corrected chi connectivity index (χ1v) is 6.53. The number of halogens is 2. The van der Waals surface area contributed by atoms with Gasteiger partial charge in [-0.05, 0) is 18.2 Å². The second-order valence-electron chi connectivity index (χ2n) is 4.00. The molecule has 7 nitrogen and oxygen atoms in total. The van der Waals surface area contributed by atoms with Gasteiger partial charge in [-0.1, -0.05) is 23.2 Å². The molecule has 1 aromatic heterocycles. The highest BCUT2D eigenvalue weighted by Crippen LogP contribution is 2.32. The van der Waals surface area contributed by atoms with E-state index in [0.29, 0.717) is 10.0 Å². The summed E-state index contributed by atoms with van der Waals surface area (Å²) < 4.78 is 9.81. The second kappa shape index (κ2) is 6.59. The van der Waals surface area contributed by atoms with Crippen LogP contribution >= 0.6 is 23.2 Å². The maximum Gasteiger partial charge on any atom is 0.339 e. The molecule has 0 amide bonds. The van der Waals surface area contributed by atoms with Crippen LogP contribution < -0.4 is 4.74 Å². The van der Waals surface area contributed by atoms with Gasteiger partial charge in [0.15, 0.2) is 0 Å². The van der Waals surface area contributed by atoms with Gasteiger partial charge in [-0.15, -0.1) is 0 Å². The number of esters is 1. The largest absolute Gasteiger partial charge is 0.465 e. The van der Waals surface area contributed by atoms with Gasteiger partial charge in [0.25, 0.3) is 5.88 Å². The third kappa shape index (κ3) is 3.63. The van der Waals surface area contributed by atoms with E-state index in [1.807, 2.05) is 0 Å². The Balaban J connectivity index is 2.42. The van der Waals surface area contributed by atoms with Crippen molar-refractivity contribution in [2.24, 2.45) is 0 Å². The fraction of sp³-hybridized carbons (Fsp3) is 0.0769. The summed E-state index contributed by atoms with van der Waals surface area (Å²) in [6, 6.07) is 5.35. The molecule has 9 heteroatoms. The van der Waals surface area contributed by atoms with Gasteiger partial charge in [0.2, 0.25) is 0 Å². The highest BCUT2D eigenvalue weighted by Gasteiger charge is 2.21. The van der Waals surface area contributed by atoms with E-state index in [4.69, 9.17) is 27.9 Å². The molecule has 0 bridgehead atoms. The molecule has 0 unspecified atom stereocenters. The van der Waals surface area contributed by atoms with E-state index in [2.05, 4.69) is 9.72 Å². The number of aromatic nitrogens is 1. The van der Waals surface area contributed by atoms with Crippen LogP contribution in [-0.4, -0.2) is 23.0 Å². The van der Waals surface area contributed by atoms with Crippen LogP contribution in [0.15, 0.2) is 30.5 Å². The van der Waals surface area contributed by atoms with Gasteiger partial charge in [-0.3, -0.25) is 10.1 Å². The van der Waals surface area contributed by atoms with Gasteiger partial charge in [-0.2, -0.15) is 0 Å². The second-order valence-corrected chi connectivity index (χ2v) is 4.88. The molecule has 0 N–H and O–H groups in total. The molecule has 0 atom stereocenters. The molecule has 22 heavy (non-hydrogen) atoms. The summed E-state index contributed by atoms with van der Waals surface area (Å²) in [6.45, 7) is 0. The van der Waals surface area contributed by atoms with Crippen molar-refractivity contribution in [2.75, 3.05) is 7.11 Å². The van der Waals surface area contributed by atoms with Crippen molar-refractivity contribution in [3.8, 4) is 11.6 Å². The first-order chi connectivity index (χ1) is 10.4. The number of rotatable bonds is 4. The van der Waals surface area contributed by atoms with Gasteiger partial charge in [0.05, 0.1) is 17.6 Å². The van der Waals surface area contributed by atoms with Gasteiger partial charge >= 0.3 is 11.7 Å². The van der Waals surface area contributed by atoms with E-state index >= 15 is 0 Å². The molecule has 0 saturated heterocycles. The van der Waals surface area contributed by atoms with Crippen LogP contribution in [0, 0.1) is 10.1 Å². The molecular formula is C13H8Cl2N2O5. The van der Waals surface area contributed by atoms with Crippen LogP contribution in [0.2, 0.25) is 10.0 Å². The number of nitro groups is 1. The van der Waals surface area contributed by atoms with Crippen molar-refractivity contribution in [3.05, 3.63) is 56.2 Å². The van der Waals surface area contributed by atoms with E-state index in [9.17, 15) is 14.9 Å². The SMILES string of the molecule is COC(=O)c1cnc(Oc2cc(Cl)cc(Cl)c2)c([N+](=O)[O-])c1. The third-order valence-corrected chi connectivity index (χ3v) is 2.94. The number of methoxy groups -OCH3 is 1. The first-order valence-electron chi connectivity index (χ1n) is 5.77. The lowest BCUT2D eigenvalue weighted by atomic mass is 10.2. The smallest absolute Gasteiger partial charge is 0.339 e. The van der Waals surface area contributed by atoms with Crippen LogP contribution in [0.3, 0.4) is 0 Å². The predicted molar refractivity (Wildman–Crippen MR) is 78.8 cm³/mol. The summed E-state index contributed by atoms with van der Waals surface area (Å²) in [4.78, 5) is 25.5. The van der Waals surface area contributed by atoms with Gasteiger partial charge in [0, 0.05) is 22.3 Å². The minimum atomic E-state index is -0.743. The molecule has 0 aliphatic rings. The Morgan fingerprint density at radius 2 is 1.86 bits per heavy atom. The zero-order valence-electron chi connectivity index (χ0n) is 11.1. The van der Waals surface area contributed by atoms with Crippen molar-refractivity contribution in [2.45, 2.75) is 0 Å². The van der Waals surface area contributed by atoms with Crippen LogP contribution in [0.4, 0.5) is 5.69 Å². The molecule has 1 heterocycles. The minimum absolute atomic E-state index is 0.0642. The zero-order chi connectivity index (χ0) is 16.3. The van der Waals surface area contributed by atoms with Crippen LogP contribution in [0.5, 0.6) is 11.6 Å². The van der Waals surface area contributed by atoms with Crippen LogP contribution in [0.25, 0.3) is 0 Å². The van der Waals surface area contributed by atoms with E-state index < -0.39 is 16.6 Å². The lowest BCUT2D eigenvalue weighted by molar-refractivity contribution is -0.386. The Bertz CT molecular complexity index is 731. The van der Waals surface area contributed by atoms with Crippen molar-refractivity contribution >= 4 is 34.9 Å². The molecular weight excluding hydrogens is 335 g/mol. The quantitative estimate of drug-likeness (QED) is 0.475. The monoisotopic (exact) mass is 342 g/mol. The van der Waals surface area contributed by atoms with Crippen LogP contribution in [0.1, 0.15) is 10.4 Å². The van der Waals surface area contributed by atoms with Gasteiger partial charge < -0.3 is 9.47 Å². The third-order valence-electron chi connectivity index (χ3n) is 2.50. The number of hydrogen-bond acceptors (Lipinski definition) is 6. The molecule has 0 aliphatic carbocycles. The zero-order valence-corrected chi connectivity index (χ0v) is 12.6. The summed E-state index contributed by atoms with van der Waals surface area (Å²) in [7, 11) is 1.16. The number of ether oxygens (including phenoxy) is 2. The molecule has 2 rings (SSSR count). The normalized spacial score (nSPS) is 10.1. The number of carbonyl (C=O) groups excluding carboxylic acids is 1. The Hall–Kier alpha value is -2.38. The highest BCUT2D eigenvalue weighted by atomic mass is 35.5. The fourth-order valence-corrected chi connectivity index (χ4v) is 2.08. The molecule has 0 radical (unpaired) electrons. The predicted octanol–water partition coefficient (Wildman–Crippen LogP) is 3.88. The van der Waals surface area contributed by atoms with Crippen molar-refractivity contribution < 1.29 is 19.2 Å². The van der Waals surface area contributed by atoms with E-state index in [1.54, 1.807) is 0 Å². The Morgan fingerprint density at radius 1 is 1.23 bits per heavy atom. The molecule has 0 fully saturated rings. The molecule has 0 spiro atoms. The highest BCUT2D eigenvalue weighted by molar-refractivity contribution is 6.34. The summed E-state index contributed by atoms with van der Waals surface area (Å²) in [5, 5.41) is 11.7. The first kappa shape index (κ1) is 16.0. The summed E-state index contributed by atoms with van der Waals surface area (Å²) in [5.41, 5.74) is -0.551. The number of hydrogen-bond donors (Lipinski definition) is 0. The number of carbonyl (C=O) groups is 1. The minimum Gasteiger partial charge on any atom is -0.465 e. The molecule has 2 aromatic rings. The molecule has 1 aromatic carbocycles. The average Bonchev–Trinajstić information content (AvgIpc) is 2.45. The Kier molecular flexibility index (Phi) is 4.79. The van der Waals surface area contributed by atoms with E-state index in [1.165, 1.54) is 18.2 Å². The fourth-order valence-electron chi connectivity index (χ4n) is 1.58. The molecule has 114 valence electrons. The molecule has 0 saturated carbocycles. The number of benzene rings is 1. The van der Waals surface area contributed by atoms with E-state index in [0.717, 1.165) is 19.4 Å². The lowest BCUT2D eigenvalue weighted by Crippen LogP contribution is -2.04. The van der Waals surface area contributed by atoms with Crippen molar-refractivity contribution in [3.63, 3.8) is 0 Å². The van der Waals surface area contributed by atoms with Crippen molar-refractivity contribution in [1.29, 1.82) is 0 Å². The number of nitrogens with zero attached hydrogens (tertiary/aromatic N) is 2. The average molecular weight is 343 g/mol. The van der Waals surface area contributed by atoms with Gasteiger partial charge in [-0.25, -0.2) is 9.78 Å². The topological polar surface area (TPSA) is 91.6 Å². The Morgan fingerprint density at radius 3 is 2.41 bits per heavy atom. The van der Waals surface area contributed by atoms with E-state index in [-0.39, 0.29) is 17.2 Å². The summed E-state index contributed by atoms with van der Waals surface area (Å²) in [5.74, 6) is -0.858. The summed E-state index contributed by atoms with van der Waals surface area (Å²) >= 11 is 11.6. The van der Waals surface area contributed by atoms with Crippen molar-refractivity contribution in [1.82, 2.24) is 4.98 Å². The number of pyridine rings is 1. The standard InChI is InChI=1S/C13H8Cl2N2O5/c1-21-13(18)7-2-11(17(19)20)12(16-6-7)22-10-4-8(14)3-9(15)5-10/h2-6H,1H3. The lowest BCUT2D eigenvalue weighted by Gasteiger charge is -2.07. The van der Waals surface area contributed by atoms with Gasteiger partial charge in [0.1, 0.15) is 5.75 Å².